The van der Waals surface area contributed by atoms with Crippen molar-refractivity contribution >= 4 is 23.5 Å². The average molecular weight is 433 g/mol. The third-order valence-corrected chi connectivity index (χ3v) is 5.67. The Hall–Kier alpha value is -3.72. The summed E-state index contributed by atoms with van der Waals surface area (Å²) in [6.07, 6.45) is 0. The number of para-hydroxylation sites is 1. The van der Waals surface area contributed by atoms with Gasteiger partial charge in [0.25, 0.3) is 5.91 Å². The molecule has 0 aliphatic carbocycles. The van der Waals surface area contributed by atoms with E-state index in [0.29, 0.717) is 22.0 Å². The molecule has 0 spiro atoms. The van der Waals surface area contributed by atoms with E-state index in [0.717, 1.165) is 11.4 Å². The maximum absolute atomic E-state index is 12.9. The van der Waals surface area contributed by atoms with Crippen LogP contribution in [-0.2, 0) is 0 Å². The molecule has 0 aliphatic rings. The van der Waals surface area contributed by atoms with Crippen LogP contribution in [0, 0.1) is 13.8 Å². The average Bonchev–Trinajstić information content (AvgIpc) is 3.38. The van der Waals surface area contributed by atoms with E-state index >= 15 is 0 Å². The Balaban J connectivity index is 1.47. The number of nitrogens with zero attached hydrogens (tertiary/aromatic N) is 5. The van der Waals surface area contributed by atoms with Gasteiger partial charge in [-0.25, -0.2) is 0 Å². The van der Waals surface area contributed by atoms with Crippen LogP contribution in [0.25, 0.3) is 5.69 Å². The Morgan fingerprint density at radius 3 is 2.39 bits per heavy atom. The summed E-state index contributed by atoms with van der Waals surface area (Å²) in [5, 5.41) is 12.3. The van der Waals surface area contributed by atoms with Gasteiger partial charge in [-0.2, -0.15) is 4.68 Å². The number of carbonyl (C=O) groups is 2. The molecule has 0 saturated carbocycles. The molecule has 0 aliphatic heterocycles. The van der Waals surface area contributed by atoms with Crippen molar-refractivity contribution in [1.82, 2.24) is 24.9 Å². The largest absolute Gasteiger partial charge is 0.293 e. The van der Waals surface area contributed by atoms with Crippen LogP contribution >= 0.6 is 11.8 Å². The molecule has 0 fully saturated rings. The smallest absolute Gasteiger partial charge is 0.270 e. The Bertz CT molecular complexity index is 1220. The molecule has 1 amide bonds. The number of Topliss-reactive ketones (excluding diaryl/α,β-unsaturated/α-hetero) is 1. The lowest BCUT2D eigenvalue weighted by atomic mass is 10.2. The quantitative estimate of drug-likeness (QED) is 0.355. The molecule has 2 heterocycles. The highest BCUT2D eigenvalue weighted by molar-refractivity contribution is 7.99. The predicted molar refractivity (Wildman–Crippen MR) is 118 cm³/mol. The second kappa shape index (κ2) is 8.97. The van der Waals surface area contributed by atoms with Crippen molar-refractivity contribution in [1.29, 1.82) is 0 Å². The molecular formula is C22H20N6O2S. The van der Waals surface area contributed by atoms with Gasteiger partial charge in [0.05, 0.1) is 11.4 Å². The lowest BCUT2D eigenvalue weighted by Gasteiger charge is -2.11. The van der Waals surface area contributed by atoms with Gasteiger partial charge in [-0.1, -0.05) is 48.2 Å². The molecule has 1 N–H and O–H groups in total. The second-order valence-electron chi connectivity index (χ2n) is 6.85. The fourth-order valence-electron chi connectivity index (χ4n) is 3.18. The number of hydrogen-bond acceptors (Lipinski definition) is 6. The highest BCUT2D eigenvalue weighted by Gasteiger charge is 2.19. The monoisotopic (exact) mass is 432 g/mol. The molecule has 2 aromatic heterocycles. The SMILES string of the molecule is Cc1cc(C(=O)CSc2nnnn2-c2ccccc2)c(C)n1NC(=O)c1ccccc1. The van der Waals surface area contributed by atoms with Gasteiger partial charge in [0.2, 0.25) is 5.16 Å². The first-order valence-electron chi connectivity index (χ1n) is 9.59. The molecule has 0 unspecified atom stereocenters. The highest BCUT2D eigenvalue weighted by atomic mass is 32.2. The third-order valence-electron chi connectivity index (χ3n) is 4.75. The van der Waals surface area contributed by atoms with E-state index in [1.165, 1.54) is 11.8 Å². The molecule has 0 atom stereocenters. The zero-order valence-electron chi connectivity index (χ0n) is 17.0. The minimum absolute atomic E-state index is 0.0686. The van der Waals surface area contributed by atoms with Crippen molar-refractivity contribution in [3.05, 3.63) is 89.2 Å². The van der Waals surface area contributed by atoms with E-state index in [-0.39, 0.29) is 17.4 Å². The first-order valence-corrected chi connectivity index (χ1v) is 10.6. The van der Waals surface area contributed by atoms with Gasteiger partial charge < -0.3 is 0 Å². The van der Waals surface area contributed by atoms with Gasteiger partial charge in [-0.15, -0.1) is 5.10 Å². The molecule has 4 aromatic rings. The molecule has 9 heteroatoms. The van der Waals surface area contributed by atoms with Crippen LogP contribution in [0.1, 0.15) is 32.1 Å². The Morgan fingerprint density at radius 1 is 1.00 bits per heavy atom. The zero-order chi connectivity index (χ0) is 21.8. The summed E-state index contributed by atoms with van der Waals surface area (Å²) < 4.78 is 3.24. The Kier molecular flexibility index (Phi) is 5.94. The molecule has 0 bridgehead atoms. The minimum Gasteiger partial charge on any atom is -0.293 e. The summed E-state index contributed by atoms with van der Waals surface area (Å²) in [4.78, 5) is 25.4. The number of tetrazole rings is 1. The predicted octanol–water partition coefficient (Wildman–Crippen LogP) is 3.44. The molecular weight excluding hydrogens is 412 g/mol. The van der Waals surface area contributed by atoms with Crippen molar-refractivity contribution in [2.24, 2.45) is 0 Å². The number of amides is 1. The fourth-order valence-corrected chi connectivity index (χ4v) is 3.95. The van der Waals surface area contributed by atoms with E-state index in [2.05, 4.69) is 21.0 Å². The molecule has 0 saturated heterocycles. The van der Waals surface area contributed by atoms with Crippen molar-refractivity contribution in [3.8, 4) is 5.69 Å². The van der Waals surface area contributed by atoms with Crippen molar-refractivity contribution < 1.29 is 9.59 Å². The second-order valence-corrected chi connectivity index (χ2v) is 7.79. The summed E-state index contributed by atoms with van der Waals surface area (Å²) in [7, 11) is 0. The summed E-state index contributed by atoms with van der Waals surface area (Å²) in [5.41, 5.74) is 6.22. The molecule has 156 valence electrons. The first-order chi connectivity index (χ1) is 15.0. The van der Waals surface area contributed by atoms with E-state index in [1.807, 2.05) is 50.2 Å². The van der Waals surface area contributed by atoms with Crippen LogP contribution in [0.15, 0.2) is 71.9 Å². The maximum atomic E-state index is 12.9. The van der Waals surface area contributed by atoms with Gasteiger partial charge in [-0.3, -0.25) is 19.7 Å². The number of aryl methyl sites for hydroxylation is 1. The van der Waals surface area contributed by atoms with E-state index < -0.39 is 0 Å². The van der Waals surface area contributed by atoms with Crippen molar-refractivity contribution in [3.63, 3.8) is 0 Å². The molecule has 31 heavy (non-hydrogen) atoms. The lowest BCUT2D eigenvalue weighted by molar-refractivity contribution is 0.0999. The Labute approximate surface area is 183 Å². The van der Waals surface area contributed by atoms with Crippen LogP contribution in [0.5, 0.6) is 0 Å². The summed E-state index contributed by atoms with van der Waals surface area (Å²) in [6.45, 7) is 3.66. The van der Waals surface area contributed by atoms with Crippen molar-refractivity contribution in [2.75, 3.05) is 11.2 Å². The number of nitrogens with one attached hydrogen (secondary N) is 1. The maximum Gasteiger partial charge on any atom is 0.270 e. The van der Waals surface area contributed by atoms with Crippen LogP contribution < -0.4 is 5.43 Å². The van der Waals surface area contributed by atoms with Crippen LogP contribution in [0.3, 0.4) is 0 Å². The summed E-state index contributed by atoms with van der Waals surface area (Å²) >= 11 is 1.27. The van der Waals surface area contributed by atoms with Gasteiger partial charge in [0.15, 0.2) is 5.78 Å². The number of hydrogen-bond donors (Lipinski definition) is 1. The number of carbonyl (C=O) groups excluding carboxylic acids is 2. The number of aromatic nitrogens is 5. The standard InChI is InChI=1S/C22H20N6O2S/c1-15-13-19(16(2)27(15)24-21(30)17-9-5-3-6-10-17)20(29)14-31-22-23-25-26-28(22)18-11-7-4-8-12-18/h3-13H,14H2,1-2H3,(H,24,30). The van der Waals surface area contributed by atoms with Gasteiger partial charge in [0.1, 0.15) is 0 Å². The Morgan fingerprint density at radius 2 is 1.68 bits per heavy atom. The topological polar surface area (TPSA) is 94.7 Å². The third kappa shape index (κ3) is 4.41. The summed E-state index contributed by atoms with van der Waals surface area (Å²) in [5.74, 6) is -0.136. The van der Waals surface area contributed by atoms with Gasteiger partial charge >= 0.3 is 0 Å². The van der Waals surface area contributed by atoms with Gasteiger partial charge in [0, 0.05) is 22.5 Å². The number of ketones is 1. The summed E-state index contributed by atoms with van der Waals surface area (Å²) in [6, 6.07) is 20.2. The van der Waals surface area contributed by atoms with Crippen molar-refractivity contribution in [2.45, 2.75) is 19.0 Å². The highest BCUT2D eigenvalue weighted by Crippen LogP contribution is 2.22. The number of benzene rings is 2. The molecule has 2 aromatic carbocycles. The minimum atomic E-state index is -0.238. The molecule has 4 rings (SSSR count). The van der Waals surface area contributed by atoms with Gasteiger partial charge in [-0.05, 0) is 54.6 Å². The van der Waals surface area contributed by atoms with Crippen LogP contribution in [0.2, 0.25) is 0 Å². The normalized spacial score (nSPS) is 10.8. The zero-order valence-corrected chi connectivity index (χ0v) is 17.8. The van der Waals surface area contributed by atoms with E-state index in [9.17, 15) is 9.59 Å². The number of rotatable bonds is 7. The molecule has 0 radical (unpaired) electrons. The van der Waals surface area contributed by atoms with Crippen LogP contribution in [0.4, 0.5) is 0 Å². The van der Waals surface area contributed by atoms with Crippen LogP contribution in [-0.4, -0.2) is 42.3 Å². The first kappa shape index (κ1) is 20.5. The van der Waals surface area contributed by atoms with E-state index in [4.69, 9.17) is 0 Å². The molecule has 8 nitrogen and oxygen atoms in total. The van der Waals surface area contributed by atoms with E-state index in [1.54, 1.807) is 39.7 Å². The fraction of sp³-hybridized carbons (Fsp3) is 0.136. The number of thioether (sulfide) groups is 1. The lowest BCUT2D eigenvalue weighted by Crippen LogP contribution is -2.25.